The number of benzene rings is 1. The Morgan fingerprint density at radius 2 is 1.71 bits per heavy atom. The number of halogens is 1. The van der Waals surface area contributed by atoms with Crippen molar-refractivity contribution >= 4 is 17.7 Å². The summed E-state index contributed by atoms with van der Waals surface area (Å²) in [6.45, 7) is 1.59. The predicted octanol–water partition coefficient (Wildman–Crippen LogP) is 4.14. The number of nitrogens with zero attached hydrogens (tertiary/aromatic N) is 3. The van der Waals surface area contributed by atoms with Crippen LogP contribution in [0.15, 0.2) is 35.6 Å². The lowest BCUT2D eigenvalue weighted by molar-refractivity contribution is 0.0733. The van der Waals surface area contributed by atoms with Crippen molar-refractivity contribution in [3.63, 3.8) is 0 Å². The van der Waals surface area contributed by atoms with Gasteiger partial charge in [0.1, 0.15) is 11.5 Å². The van der Waals surface area contributed by atoms with Crippen LogP contribution in [0.3, 0.4) is 0 Å². The van der Waals surface area contributed by atoms with Crippen molar-refractivity contribution in [1.29, 1.82) is 0 Å². The van der Waals surface area contributed by atoms with Crippen molar-refractivity contribution in [2.45, 2.75) is 37.3 Å². The maximum Gasteiger partial charge on any atom is 0.272 e. The molecule has 1 amide bonds. The van der Waals surface area contributed by atoms with Crippen molar-refractivity contribution in [2.75, 3.05) is 19.3 Å². The molecule has 1 fully saturated rings. The lowest BCUT2D eigenvalue weighted by Crippen LogP contribution is -2.35. The number of rotatable bonds is 3. The fourth-order valence-corrected chi connectivity index (χ4v) is 3.63. The Balaban J connectivity index is 1.93. The minimum Gasteiger partial charge on any atom is -0.337 e. The highest BCUT2D eigenvalue weighted by Gasteiger charge is 2.23. The molecule has 1 aliphatic rings. The highest BCUT2D eigenvalue weighted by Crippen LogP contribution is 2.23. The normalized spacial score (nSPS) is 15.8. The van der Waals surface area contributed by atoms with Gasteiger partial charge in [-0.2, -0.15) is 0 Å². The van der Waals surface area contributed by atoms with Crippen LogP contribution in [0.5, 0.6) is 0 Å². The van der Waals surface area contributed by atoms with Crippen LogP contribution in [0.4, 0.5) is 4.39 Å². The first kappa shape index (κ1) is 17.0. The quantitative estimate of drug-likeness (QED) is 0.783. The van der Waals surface area contributed by atoms with Crippen molar-refractivity contribution < 1.29 is 9.18 Å². The third-order valence-corrected chi connectivity index (χ3v) is 5.01. The van der Waals surface area contributed by atoms with Gasteiger partial charge in [0.05, 0.1) is 6.20 Å². The Labute approximate surface area is 146 Å². The standard InChI is InChI=1S/C18H22FN3OS/c1-24-18-20-13-16(22(18)15-9-7-14(19)8-10-15)17(23)21-11-5-3-2-4-6-12-21/h7-10,13H,2-6,11-12H2,1H3. The second-order valence-electron chi connectivity index (χ2n) is 6.00. The van der Waals surface area contributed by atoms with Crippen LogP contribution >= 0.6 is 11.8 Å². The van der Waals surface area contributed by atoms with E-state index in [4.69, 9.17) is 0 Å². The molecule has 0 saturated carbocycles. The Bertz CT molecular complexity index is 691. The number of imidazole rings is 1. The largest absolute Gasteiger partial charge is 0.337 e. The second kappa shape index (κ2) is 7.83. The van der Waals surface area contributed by atoms with E-state index < -0.39 is 0 Å². The first-order chi connectivity index (χ1) is 11.7. The maximum absolute atomic E-state index is 13.2. The highest BCUT2D eigenvalue weighted by molar-refractivity contribution is 7.98. The van der Waals surface area contributed by atoms with Crippen molar-refractivity contribution in [2.24, 2.45) is 0 Å². The van der Waals surface area contributed by atoms with Crippen molar-refractivity contribution in [3.8, 4) is 5.69 Å². The summed E-state index contributed by atoms with van der Waals surface area (Å²) in [7, 11) is 0. The average Bonchev–Trinajstić information content (AvgIpc) is 2.98. The van der Waals surface area contributed by atoms with Crippen molar-refractivity contribution in [3.05, 3.63) is 42.0 Å². The van der Waals surface area contributed by atoms with Gasteiger partial charge in [0.2, 0.25) is 0 Å². The van der Waals surface area contributed by atoms with Crippen LogP contribution in [0.1, 0.15) is 42.6 Å². The number of hydrogen-bond donors (Lipinski definition) is 0. The Hall–Kier alpha value is -1.82. The molecule has 2 aromatic rings. The number of amides is 1. The fraction of sp³-hybridized carbons (Fsp3) is 0.444. The molecule has 0 unspecified atom stereocenters. The van der Waals surface area contributed by atoms with Gasteiger partial charge in [-0.25, -0.2) is 9.37 Å². The molecular weight excluding hydrogens is 325 g/mol. The highest BCUT2D eigenvalue weighted by atomic mass is 32.2. The number of thioether (sulfide) groups is 1. The zero-order valence-electron chi connectivity index (χ0n) is 13.9. The number of hydrogen-bond acceptors (Lipinski definition) is 3. The molecule has 1 aromatic heterocycles. The molecule has 0 N–H and O–H groups in total. The second-order valence-corrected chi connectivity index (χ2v) is 6.78. The summed E-state index contributed by atoms with van der Waals surface area (Å²) >= 11 is 1.47. The fourth-order valence-electron chi connectivity index (χ4n) is 3.08. The Kier molecular flexibility index (Phi) is 5.56. The van der Waals surface area contributed by atoms with E-state index >= 15 is 0 Å². The molecule has 0 spiro atoms. The van der Waals surface area contributed by atoms with Crippen LogP contribution in [-0.2, 0) is 0 Å². The molecule has 0 atom stereocenters. The van der Waals surface area contributed by atoms with E-state index in [0.717, 1.165) is 36.8 Å². The number of likely N-dealkylation sites (tertiary alicyclic amines) is 1. The molecule has 1 aliphatic heterocycles. The summed E-state index contributed by atoms with van der Waals surface area (Å²) in [5.74, 6) is -0.282. The third kappa shape index (κ3) is 3.64. The summed E-state index contributed by atoms with van der Waals surface area (Å²) in [4.78, 5) is 19.3. The first-order valence-electron chi connectivity index (χ1n) is 8.37. The lowest BCUT2D eigenvalue weighted by Gasteiger charge is -2.25. The third-order valence-electron chi connectivity index (χ3n) is 4.36. The molecule has 3 rings (SSSR count). The Morgan fingerprint density at radius 1 is 1.08 bits per heavy atom. The van der Waals surface area contributed by atoms with Gasteiger partial charge in [-0.3, -0.25) is 9.36 Å². The van der Waals surface area contributed by atoms with Crippen LogP contribution in [0, 0.1) is 5.82 Å². The molecule has 0 bridgehead atoms. The molecule has 128 valence electrons. The zero-order chi connectivity index (χ0) is 16.9. The van der Waals surface area contributed by atoms with E-state index in [1.165, 1.54) is 43.2 Å². The van der Waals surface area contributed by atoms with E-state index in [1.54, 1.807) is 18.3 Å². The number of carbonyl (C=O) groups is 1. The zero-order valence-corrected chi connectivity index (χ0v) is 14.7. The van der Waals surface area contributed by atoms with Gasteiger partial charge in [0.25, 0.3) is 5.91 Å². The number of carbonyl (C=O) groups excluding carboxylic acids is 1. The van der Waals surface area contributed by atoms with E-state index in [2.05, 4.69) is 4.98 Å². The maximum atomic E-state index is 13.2. The van der Waals surface area contributed by atoms with Gasteiger partial charge in [-0.1, -0.05) is 31.0 Å². The lowest BCUT2D eigenvalue weighted by atomic mass is 10.1. The van der Waals surface area contributed by atoms with Gasteiger partial charge in [0.15, 0.2) is 5.16 Å². The van der Waals surface area contributed by atoms with Gasteiger partial charge in [-0.05, 0) is 43.4 Å². The van der Waals surface area contributed by atoms with Gasteiger partial charge < -0.3 is 4.90 Å². The molecule has 6 heteroatoms. The molecule has 0 aliphatic carbocycles. The molecule has 24 heavy (non-hydrogen) atoms. The molecular formula is C18H22FN3OS. The smallest absolute Gasteiger partial charge is 0.272 e. The van der Waals surface area contributed by atoms with E-state index in [1.807, 2.05) is 15.7 Å². The predicted molar refractivity (Wildman–Crippen MR) is 94.3 cm³/mol. The summed E-state index contributed by atoms with van der Waals surface area (Å²) in [5, 5.41) is 0.733. The van der Waals surface area contributed by atoms with E-state index in [-0.39, 0.29) is 11.7 Å². The van der Waals surface area contributed by atoms with Gasteiger partial charge in [-0.15, -0.1) is 0 Å². The van der Waals surface area contributed by atoms with Crippen LogP contribution < -0.4 is 0 Å². The van der Waals surface area contributed by atoms with Gasteiger partial charge in [0, 0.05) is 18.8 Å². The van der Waals surface area contributed by atoms with Crippen LogP contribution in [-0.4, -0.2) is 39.7 Å². The Morgan fingerprint density at radius 3 is 2.33 bits per heavy atom. The summed E-state index contributed by atoms with van der Waals surface area (Å²) < 4.78 is 15.1. The molecule has 0 radical (unpaired) electrons. The summed E-state index contributed by atoms with van der Waals surface area (Å²) in [6, 6.07) is 6.18. The monoisotopic (exact) mass is 347 g/mol. The van der Waals surface area contributed by atoms with Crippen molar-refractivity contribution in [1.82, 2.24) is 14.5 Å². The molecule has 1 saturated heterocycles. The van der Waals surface area contributed by atoms with Crippen LogP contribution in [0.25, 0.3) is 5.69 Å². The SMILES string of the molecule is CSc1ncc(C(=O)N2CCCCCCC2)n1-c1ccc(F)cc1. The minimum atomic E-state index is -0.291. The first-order valence-corrected chi connectivity index (χ1v) is 9.60. The topological polar surface area (TPSA) is 38.1 Å². The van der Waals surface area contributed by atoms with Gasteiger partial charge >= 0.3 is 0 Å². The molecule has 4 nitrogen and oxygen atoms in total. The molecule has 1 aromatic carbocycles. The summed E-state index contributed by atoms with van der Waals surface area (Å²) in [6.07, 6.45) is 9.26. The van der Waals surface area contributed by atoms with E-state index in [9.17, 15) is 9.18 Å². The molecule has 2 heterocycles. The summed E-state index contributed by atoms with van der Waals surface area (Å²) in [5.41, 5.74) is 1.31. The minimum absolute atomic E-state index is 0.00836. The van der Waals surface area contributed by atoms with Crippen LogP contribution in [0.2, 0.25) is 0 Å². The average molecular weight is 347 g/mol. The van der Waals surface area contributed by atoms with E-state index in [0.29, 0.717) is 5.69 Å². The number of aromatic nitrogens is 2.